The molecular weight excluding hydrogens is 212 g/mol. The highest BCUT2D eigenvalue weighted by Crippen LogP contribution is 2.33. The van der Waals surface area contributed by atoms with Gasteiger partial charge in [0.1, 0.15) is 0 Å². The topological polar surface area (TPSA) is 26.3 Å². The average molecular weight is 230 g/mol. The van der Waals surface area contributed by atoms with E-state index in [1.807, 2.05) is 25.1 Å². The lowest BCUT2D eigenvalue weighted by Gasteiger charge is -2.10. The van der Waals surface area contributed by atoms with Crippen molar-refractivity contribution in [3.8, 4) is 0 Å². The maximum atomic E-state index is 11.8. The standard InChI is InChI=1S/C15H18O2/c1-2-17-15(16)14-10-6-9-13(14)11-12-7-4-3-5-8-12/h3-5,7-8,11,14H,2,6,9-10H2,1H3. The molecule has 1 aliphatic rings. The molecule has 2 nitrogen and oxygen atoms in total. The molecule has 0 amide bonds. The number of carbonyl (C=O) groups is 1. The Bertz CT molecular complexity index is 406. The molecule has 0 radical (unpaired) electrons. The Hall–Kier alpha value is -1.57. The van der Waals surface area contributed by atoms with Gasteiger partial charge in [0.25, 0.3) is 0 Å². The molecule has 90 valence electrons. The molecule has 1 atom stereocenters. The summed E-state index contributed by atoms with van der Waals surface area (Å²) in [7, 11) is 0. The van der Waals surface area contributed by atoms with E-state index in [0.29, 0.717) is 6.61 Å². The van der Waals surface area contributed by atoms with Gasteiger partial charge in [0.15, 0.2) is 0 Å². The molecule has 1 fully saturated rings. The first kappa shape index (κ1) is 11.9. The monoisotopic (exact) mass is 230 g/mol. The van der Waals surface area contributed by atoms with Crippen LogP contribution in [0.1, 0.15) is 31.7 Å². The second-order valence-corrected chi connectivity index (χ2v) is 4.33. The Morgan fingerprint density at radius 2 is 2.18 bits per heavy atom. The minimum atomic E-state index is -0.0628. The summed E-state index contributed by atoms with van der Waals surface area (Å²) < 4.78 is 5.11. The Labute approximate surface area is 102 Å². The molecule has 1 unspecified atom stereocenters. The summed E-state index contributed by atoms with van der Waals surface area (Å²) in [6, 6.07) is 10.2. The largest absolute Gasteiger partial charge is 0.466 e. The van der Waals surface area contributed by atoms with Crippen molar-refractivity contribution in [3.63, 3.8) is 0 Å². The van der Waals surface area contributed by atoms with Gasteiger partial charge in [0.2, 0.25) is 0 Å². The smallest absolute Gasteiger partial charge is 0.313 e. The maximum Gasteiger partial charge on any atom is 0.313 e. The summed E-state index contributed by atoms with van der Waals surface area (Å²) in [5.74, 6) is -0.0812. The van der Waals surface area contributed by atoms with Crippen LogP contribution in [0.2, 0.25) is 0 Å². The molecule has 1 aromatic rings. The van der Waals surface area contributed by atoms with Crippen LogP contribution in [-0.4, -0.2) is 12.6 Å². The first-order valence-electron chi connectivity index (χ1n) is 6.23. The van der Waals surface area contributed by atoms with E-state index in [1.165, 1.54) is 11.1 Å². The van der Waals surface area contributed by atoms with Crippen LogP contribution in [0.25, 0.3) is 6.08 Å². The van der Waals surface area contributed by atoms with Crippen molar-refractivity contribution in [2.75, 3.05) is 6.61 Å². The van der Waals surface area contributed by atoms with Crippen molar-refractivity contribution in [3.05, 3.63) is 41.5 Å². The molecule has 0 aliphatic heterocycles. The molecule has 0 spiro atoms. The van der Waals surface area contributed by atoms with Crippen LogP contribution in [0, 0.1) is 5.92 Å². The number of carbonyl (C=O) groups excluding carboxylic acids is 1. The second kappa shape index (κ2) is 5.67. The molecule has 0 saturated heterocycles. The quantitative estimate of drug-likeness (QED) is 0.743. The third kappa shape index (κ3) is 2.96. The number of hydrogen-bond acceptors (Lipinski definition) is 2. The highest BCUT2D eigenvalue weighted by Gasteiger charge is 2.28. The van der Waals surface area contributed by atoms with Gasteiger partial charge in [-0.05, 0) is 31.7 Å². The Kier molecular flexibility index (Phi) is 3.97. The average Bonchev–Trinajstić information content (AvgIpc) is 2.79. The van der Waals surface area contributed by atoms with Gasteiger partial charge in [0.05, 0.1) is 12.5 Å². The normalized spacial score (nSPS) is 21.7. The van der Waals surface area contributed by atoms with E-state index in [-0.39, 0.29) is 11.9 Å². The molecular formula is C15H18O2. The lowest BCUT2D eigenvalue weighted by Crippen LogP contribution is -2.16. The fourth-order valence-electron chi connectivity index (χ4n) is 2.32. The van der Waals surface area contributed by atoms with Crippen molar-refractivity contribution < 1.29 is 9.53 Å². The molecule has 2 rings (SSSR count). The van der Waals surface area contributed by atoms with Gasteiger partial charge in [-0.3, -0.25) is 4.79 Å². The van der Waals surface area contributed by atoms with E-state index in [1.54, 1.807) is 0 Å². The number of benzene rings is 1. The fraction of sp³-hybridized carbons (Fsp3) is 0.400. The zero-order chi connectivity index (χ0) is 12.1. The first-order valence-corrected chi connectivity index (χ1v) is 6.23. The van der Waals surface area contributed by atoms with Gasteiger partial charge >= 0.3 is 5.97 Å². The van der Waals surface area contributed by atoms with E-state index in [0.717, 1.165) is 19.3 Å². The van der Waals surface area contributed by atoms with Gasteiger partial charge in [-0.25, -0.2) is 0 Å². The number of rotatable bonds is 3. The predicted molar refractivity (Wildman–Crippen MR) is 68.4 cm³/mol. The van der Waals surface area contributed by atoms with Crippen molar-refractivity contribution in [2.24, 2.45) is 5.92 Å². The molecule has 0 bridgehead atoms. The second-order valence-electron chi connectivity index (χ2n) is 4.33. The highest BCUT2D eigenvalue weighted by molar-refractivity contribution is 5.78. The zero-order valence-electron chi connectivity index (χ0n) is 10.2. The molecule has 0 aromatic heterocycles. The minimum absolute atomic E-state index is 0.0184. The van der Waals surface area contributed by atoms with Crippen LogP contribution in [0.5, 0.6) is 0 Å². The summed E-state index contributed by atoms with van der Waals surface area (Å²) in [6.45, 7) is 2.32. The van der Waals surface area contributed by atoms with Crippen LogP contribution in [0.15, 0.2) is 35.9 Å². The van der Waals surface area contributed by atoms with Gasteiger partial charge < -0.3 is 4.74 Å². The predicted octanol–water partition coefficient (Wildman–Crippen LogP) is 3.43. The van der Waals surface area contributed by atoms with Gasteiger partial charge in [0, 0.05) is 0 Å². The van der Waals surface area contributed by atoms with E-state index in [2.05, 4.69) is 18.2 Å². The number of ether oxygens (including phenoxy) is 1. The molecule has 1 aromatic carbocycles. The van der Waals surface area contributed by atoms with E-state index in [4.69, 9.17) is 4.74 Å². The summed E-state index contributed by atoms with van der Waals surface area (Å²) in [5, 5.41) is 0. The summed E-state index contributed by atoms with van der Waals surface area (Å²) in [5.41, 5.74) is 2.38. The number of esters is 1. The van der Waals surface area contributed by atoms with E-state index < -0.39 is 0 Å². The minimum Gasteiger partial charge on any atom is -0.466 e. The first-order chi connectivity index (χ1) is 8.31. The van der Waals surface area contributed by atoms with Gasteiger partial charge in [-0.2, -0.15) is 0 Å². The van der Waals surface area contributed by atoms with E-state index in [9.17, 15) is 4.79 Å². The van der Waals surface area contributed by atoms with Crippen molar-refractivity contribution in [1.29, 1.82) is 0 Å². The number of hydrogen-bond donors (Lipinski definition) is 0. The van der Waals surface area contributed by atoms with Gasteiger partial charge in [-0.1, -0.05) is 42.0 Å². The molecule has 17 heavy (non-hydrogen) atoms. The van der Waals surface area contributed by atoms with Crippen molar-refractivity contribution >= 4 is 12.0 Å². The molecule has 1 saturated carbocycles. The van der Waals surface area contributed by atoms with Crippen LogP contribution in [0.4, 0.5) is 0 Å². The summed E-state index contributed by atoms with van der Waals surface area (Å²) in [6.07, 6.45) is 5.16. The Morgan fingerprint density at radius 1 is 1.41 bits per heavy atom. The maximum absolute atomic E-state index is 11.8. The zero-order valence-corrected chi connectivity index (χ0v) is 10.2. The molecule has 2 heteroatoms. The van der Waals surface area contributed by atoms with E-state index >= 15 is 0 Å². The van der Waals surface area contributed by atoms with Crippen molar-refractivity contribution in [1.82, 2.24) is 0 Å². The van der Waals surface area contributed by atoms with Crippen LogP contribution in [0.3, 0.4) is 0 Å². The Morgan fingerprint density at radius 3 is 2.88 bits per heavy atom. The van der Waals surface area contributed by atoms with Gasteiger partial charge in [-0.15, -0.1) is 0 Å². The van der Waals surface area contributed by atoms with Crippen molar-refractivity contribution in [2.45, 2.75) is 26.2 Å². The third-order valence-electron chi connectivity index (χ3n) is 3.13. The molecule has 1 aliphatic carbocycles. The SMILES string of the molecule is CCOC(=O)C1CCCC1=Cc1ccccc1. The van der Waals surface area contributed by atoms with Crippen LogP contribution < -0.4 is 0 Å². The molecule has 0 N–H and O–H groups in total. The fourth-order valence-corrected chi connectivity index (χ4v) is 2.32. The third-order valence-corrected chi connectivity index (χ3v) is 3.13. The molecule has 0 heterocycles. The lowest BCUT2D eigenvalue weighted by atomic mass is 10.0. The summed E-state index contributed by atoms with van der Waals surface area (Å²) in [4.78, 5) is 11.8. The Balaban J connectivity index is 2.14. The lowest BCUT2D eigenvalue weighted by molar-refractivity contribution is -0.146. The van der Waals surface area contributed by atoms with Crippen LogP contribution >= 0.6 is 0 Å². The van der Waals surface area contributed by atoms with Crippen LogP contribution in [-0.2, 0) is 9.53 Å². The summed E-state index contributed by atoms with van der Waals surface area (Å²) >= 11 is 0. The highest BCUT2D eigenvalue weighted by atomic mass is 16.5.